The van der Waals surface area contributed by atoms with E-state index in [0.29, 0.717) is 49.9 Å². The number of hydrogen-bond acceptors (Lipinski definition) is 10. The average molecular weight is 1350 g/mol. The van der Waals surface area contributed by atoms with Crippen molar-refractivity contribution in [2.45, 2.75) is 134 Å². The molecular formula is C86H94N2O8P2. The van der Waals surface area contributed by atoms with E-state index >= 15 is 0 Å². The molecule has 0 spiro atoms. The molecule has 2 aliphatic carbocycles. The van der Waals surface area contributed by atoms with Gasteiger partial charge in [-0.2, -0.15) is 9.97 Å². The number of pyridine rings is 2. The zero-order chi connectivity index (χ0) is 69.1. The van der Waals surface area contributed by atoms with Crippen molar-refractivity contribution in [3.8, 4) is 79.9 Å². The van der Waals surface area contributed by atoms with Crippen LogP contribution in [0.4, 0.5) is 0 Å². The molecule has 0 saturated heterocycles. The fourth-order valence-electron chi connectivity index (χ4n) is 15.3. The summed E-state index contributed by atoms with van der Waals surface area (Å²) in [6, 6.07) is 50.0. The number of methoxy groups -OCH3 is 4. The van der Waals surface area contributed by atoms with Crippen LogP contribution in [0.15, 0.2) is 133 Å². The van der Waals surface area contributed by atoms with E-state index in [-0.39, 0.29) is 0 Å². The zero-order valence-corrected chi connectivity index (χ0v) is 62.0. The summed E-state index contributed by atoms with van der Waals surface area (Å²) >= 11 is 0. The number of aromatic nitrogens is 2. The van der Waals surface area contributed by atoms with E-state index in [1.54, 1.807) is 93.6 Å². The summed E-state index contributed by atoms with van der Waals surface area (Å²) in [6.45, 7) is 29.3. The number of aryl methyl sites for hydroxylation is 14. The Hall–Kier alpha value is -8.68. The van der Waals surface area contributed by atoms with E-state index in [9.17, 15) is 0 Å². The molecule has 506 valence electrons. The normalized spacial score (nSPS) is 13.5. The maximum atomic E-state index is 5.91. The Morgan fingerprint density at radius 3 is 0.939 bits per heavy atom. The minimum atomic E-state index is -0.860. The van der Waals surface area contributed by atoms with Crippen LogP contribution in [0.25, 0.3) is 33.4 Å². The third-order valence-electron chi connectivity index (χ3n) is 19.9. The molecule has 0 atom stereocenters. The lowest BCUT2D eigenvalue weighted by Crippen LogP contribution is -2.33. The van der Waals surface area contributed by atoms with Crippen molar-refractivity contribution in [1.82, 2.24) is 9.97 Å². The minimum absolute atomic E-state index is 0.463. The predicted octanol–water partition coefficient (Wildman–Crippen LogP) is 17.4. The van der Waals surface area contributed by atoms with Gasteiger partial charge >= 0.3 is 0 Å². The molecule has 2 aromatic heterocycles. The van der Waals surface area contributed by atoms with Gasteiger partial charge in [-0.05, 0) is 294 Å². The Morgan fingerprint density at radius 2 is 0.622 bits per heavy atom. The molecule has 4 aliphatic rings. The predicted molar refractivity (Wildman–Crippen MR) is 407 cm³/mol. The molecule has 14 rings (SSSR count). The zero-order valence-electron chi connectivity index (χ0n) is 60.2. The summed E-state index contributed by atoms with van der Waals surface area (Å²) in [5.74, 6) is 5.11. The van der Waals surface area contributed by atoms with Gasteiger partial charge in [-0.25, -0.2) is 0 Å². The van der Waals surface area contributed by atoms with Crippen LogP contribution in [0.1, 0.15) is 115 Å². The summed E-state index contributed by atoms with van der Waals surface area (Å²) in [7, 11) is 4.57. The Balaban J connectivity index is 0.000000169. The molecule has 2 aliphatic heterocycles. The molecule has 0 unspecified atom stereocenters. The topological polar surface area (TPSA) is 99.6 Å². The summed E-state index contributed by atoms with van der Waals surface area (Å²) in [5.41, 5.74) is 28.9. The Morgan fingerprint density at radius 1 is 0.306 bits per heavy atom. The monoisotopic (exact) mass is 1340 g/mol. The summed E-state index contributed by atoms with van der Waals surface area (Å²) in [4.78, 5) is 8.69. The van der Waals surface area contributed by atoms with E-state index in [2.05, 4.69) is 188 Å². The first kappa shape index (κ1) is 69.2. The second-order valence-electron chi connectivity index (χ2n) is 26.5. The van der Waals surface area contributed by atoms with Crippen LogP contribution in [-0.4, -0.2) is 64.8 Å². The van der Waals surface area contributed by atoms with Crippen molar-refractivity contribution in [1.29, 1.82) is 0 Å². The molecule has 0 N–H and O–H groups in total. The molecule has 4 heterocycles. The lowest BCUT2D eigenvalue weighted by atomic mass is 9.81. The van der Waals surface area contributed by atoms with E-state index in [1.165, 1.54) is 83.0 Å². The van der Waals surface area contributed by atoms with Crippen LogP contribution in [0.2, 0.25) is 0 Å². The van der Waals surface area contributed by atoms with E-state index in [1.807, 2.05) is 38.1 Å². The Labute approximate surface area is 583 Å². The standard InChI is InChI=1S/C52H56P2.C18H18O4.C16H20N2O4/c1-33-17-13-18-34(2)49(33)53(50-35(3)19-14-20-36(50)4)45-31-29-41-25-9-11-27-43(41)47(45)48-44-28-12-10-26-42(44)30-32-46(48)54(51-37(5)21-15-22-38(51)6)52-39(7)23-16-24-40(52)8;1-11-3-5-13-17(21-9-7-19-13)15(11)16-12(2)4-6-14-18(16)22-10-8-20-14;1-9-7-11(19-3)17-15(21-5)13(9)14-10(2)8-12(20-4)18-16(14)22-6/h13-24,29-32H,9-12,25-28H2,1-8H3;3-6H,7-10H2,1-2H3;7-8H,1-6H3. The summed E-state index contributed by atoms with van der Waals surface area (Å²) in [6.07, 6.45) is 9.78. The van der Waals surface area contributed by atoms with Gasteiger partial charge in [0.25, 0.3) is 0 Å². The summed E-state index contributed by atoms with van der Waals surface area (Å²) in [5, 5.41) is 9.30. The first-order chi connectivity index (χ1) is 47.5. The van der Waals surface area contributed by atoms with Crippen LogP contribution < -0.4 is 69.7 Å². The molecule has 0 saturated carbocycles. The number of nitrogens with zero attached hydrogens (tertiary/aromatic N) is 2. The van der Waals surface area contributed by atoms with E-state index in [0.717, 1.165) is 80.3 Å². The number of ether oxygens (including phenoxy) is 8. The highest BCUT2D eigenvalue weighted by Crippen LogP contribution is 2.52. The van der Waals surface area contributed by atoms with Gasteiger partial charge in [0, 0.05) is 23.3 Å². The third-order valence-corrected chi connectivity index (χ3v) is 26.2. The SMILES string of the molecule is COc1cc(C)c(-c2c(C)cc(OC)nc2OC)c(OC)n1.Cc1ccc2c(c1-c1c(C)ccc3c1OCCO3)OCCO2.Cc1cccc(C)c1P(c1ccc2c(c1-c1c(P(c3c(C)cccc3C)c3c(C)cccc3C)ccc3c1CCCC3)CCCC2)c1c(C)cccc1C. The van der Waals surface area contributed by atoms with Crippen molar-refractivity contribution in [2.24, 2.45) is 0 Å². The van der Waals surface area contributed by atoms with Gasteiger partial charge in [0.1, 0.15) is 26.4 Å². The van der Waals surface area contributed by atoms with E-state index < -0.39 is 15.8 Å². The smallest absolute Gasteiger partial charge is 0.224 e. The van der Waals surface area contributed by atoms with Crippen LogP contribution in [0, 0.1) is 83.1 Å². The average Bonchev–Trinajstić information content (AvgIpc) is 0.726. The molecule has 10 aromatic rings. The maximum Gasteiger partial charge on any atom is 0.224 e. The summed E-state index contributed by atoms with van der Waals surface area (Å²) < 4.78 is 44.5. The molecule has 0 radical (unpaired) electrons. The van der Waals surface area contributed by atoms with Crippen molar-refractivity contribution in [2.75, 3.05) is 54.9 Å². The maximum absolute atomic E-state index is 5.91. The van der Waals surface area contributed by atoms with Gasteiger partial charge in [-0.15, -0.1) is 0 Å². The van der Waals surface area contributed by atoms with Crippen LogP contribution in [-0.2, 0) is 25.7 Å². The van der Waals surface area contributed by atoms with Gasteiger partial charge in [-0.3, -0.25) is 0 Å². The molecular weight excluding hydrogens is 1250 g/mol. The highest BCUT2D eigenvalue weighted by molar-refractivity contribution is 7.81. The largest absolute Gasteiger partial charge is 0.486 e. The van der Waals surface area contributed by atoms with Gasteiger partial charge in [-0.1, -0.05) is 109 Å². The van der Waals surface area contributed by atoms with Gasteiger partial charge in [0.2, 0.25) is 23.5 Å². The third kappa shape index (κ3) is 13.5. The number of hydrogen-bond donors (Lipinski definition) is 0. The van der Waals surface area contributed by atoms with Crippen molar-refractivity contribution >= 4 is 47.7 Å². The molecule has 0 bridgehead atoms. The second-order valence-corrected chi connectivity index (χ2v) is 30.6. The highest BCUT2D eigenvalue weighted by Gasteiger charge is 2.36. The highest BCUT2D eigenvalue weighted by atomic mass is 31.1. The number of benzene rings is 8. The number of fused-ring (bicyclic) bond motifs is 4. The first-order valence-electron chi connectivity index (χ1n) is 34.6. The fourth-order valence-corrected chi connectivity index (χ4v) is 21.5. The van der Waals surface area contributed by atoms with Crippen LogP contribution >= 0.6 is 15.8 Å². The van der Waals surface area contributed by atoms with Gasteiger partial charge in [0.15, 0.2) is 23.0 Å². The van der Waals surface area contributed by atoms with Gasteiger partial charge < -0.3 is 37.9 Å². The molecule has 10 nitrogen and oxygen atoms in total. The van der Waals surface area contributed by atoms with Crippen molar-refractivity contribution < 1.29 is 37.9 Å². The molecule has 12 heteroatoms. The fraction of sp³-hybridized carbons (Fsp3) is 0.326. The van der Waals surface area contributed by atoms with Gasteiger partial charge in [0.05, 0.1) is 39.6 Å². The molecule has 8 aromatic carbocycles. The van der Waals surface area contributed by atoms with Crippen LogP contribution in [0.5, 0.6) is 46.5 Å². The lowest BCUT2D eigenvalue weighted by Gasteiger charge is -2.35. The molecule has 0 fully saturated rings. The van der Waals surface area contributed by atoms with Crippen LogP contribution in [0.3, 0.4) is 0 Å². The quantitative estimate of drug-likeness (QED) is 0.104. The minimum Gasteiger partial charge on any atom is -0.486 e. The second kappa shape index (κ2) is 30.2. The van der Waals surface area contributed by atoms with Crippen molar-refractivity contribution in [3.05, 3.63) is 222 Å². The number of rotatable bonds is 13. The Kier molecular flexibility index (Phi) is 21.3. The van der Waals surface area contributed by atoms with Crippen molar-refractivity contribution in [3.63, 3.8) is 0 Å². The lowest BCUT2D eigenvalue weighted by molar-refractivity contribution is 0.169. The first-order valence-corrected chi connectivity index (χ1v) is 37.3. The van der Waals surface area contributed by atoms with E-state index in [4.69, 9.17) is 37.9 Å². The Bertz CT molecular complexity index is 4180. The molecule has 98 heavy (non-hydrogen) atoms. The molecule has 0 amide bonds.